The van der Waals surface area contributed by atoms with Gasteiger partial charge in [0, 0.05) is 29.6 Å². The van der Waals surface area contributed by atoms with Crippen LogP contribution in [0, 0.1) is 5.92 Å². The Morgan fingerprint density at radius 1 is 1.17 bits per heavy atom. The zero-order valence-corrected chi connectivity index (χ0v) is 13.9. The number of likely N-dealkylation sites (tertiary alicyclic amines) is 1. The SMILES string of the molecule is O=C(CCN1CCC(C2OCCO2)CC1)Nc1ccc(Cl)cc1. The average molecular weight is 339 g/mol. The number of hydrogen-bond acceptors (Lipinski definition) is 4. The zero-order valence-electron chi connectivity index (χ0n) is 13.2. The van der Waals surface area contributed by atoms with Gasteiger partial charge >= 0.3 is 0 Å². The van der Waals surface area contributed by atoms with Crippen LogP contribution in [0.4, 0.5) is 5.69 Å². The molecule has 0 spiro atoms. The lowest BCUT2D eigenvalue weighted by atomic mass is 9.96. The quantitative estimate of drug-likeness (QED) is 0.897. The van der Waals surface area contributed by atoms with Gasteiger partial charge in [0.1, 0.15) is 0 Å². The van der Waals surface area contributed by atoms with Crippen molar-refractivity contribution in [3.63, 3.8) is 0 Å². The van der Waals surface area contributed by atoms with E-state index in [0.717, 1.165) is 51.4 Å². The summed E-state index contributed by atoms with van der Waals surface area (Å²) in [5, 5.41) is 3.57. The molecule has 0 atom stereocenters. The predicted molar refractivity (Wildman–Crippen MR) is 89.6 cm³/mol. The van der Waals surface area contributed by atoms with Crippen LogP contribution in [0.3, 0.4) is 0 Å². The monoisotopic (exact) mass is 338 g/mol. The molecule has 5 nitrogen and oxygen atoms in total. The van der Waals surface area contributed by atoms with Crippen molar-refractivity contribution in [1.29, 1.82) is 0 Å². The number of nitrogens with one attached hydrogen (secondary N) is 1. The third kappa shape index (κ3) is 4.91. The fraction of sp³-hybridized carbons (Fsp3) is 0.588. The van der Waals surface area contributed by atoms with E-state index in [1.165, 1.54) is 0 Å². The summed E-state index contributed by atoms with van der Waals surface area (Å²) >= 11 is 5.83. The van der Waals surface area contributed by atoms with Crippen molar-refractivity contribution in [2.24, 2.45) is 5.92 Å². The Kier molecular flexibility index (Phi) is 5.89. The molecule has 1 aromatic carbocycles. The van der Waals surface area contributed by atoms with E-state index in [2.05, 4.69) is 10.2 Å². The minimum atomic E-state index is -0.00893. The second-order valence-electron chi connectivity index (χ2n) is 6.09. The summed E-state index contributed by atoms with van der Waals surface area (Å²) in [6.45, 7) is 4.23. The molecule has 0 bridgehead atoms. The average Bonchev–Trinajstić information content (AvgIpc) is 3.10. The number of benzene rings is 1. The summed E-state index contributed by atoms with van der Waals surface area (Å²) in [4.78, 5) is 14.3. The van der Waals surface area contributed by atoms with E-state index in [1.54, 1.807) is 12.1 Å². The first kappa shape index (κ1) is 16.7. The number of halogens is 1. The van der Waals surface area contributed by atoms with Crippen LogP contribution < -0.4 is 5.32 Å². The molecule has 2 heterocycles. The van der Waals surface area contributed by atoms with Gasteiger partial charge in [-0.3, -0.25) is 4.79 Å². The Morgan fingerprint density at radius 3 is 2.48 bits per heavy atom. The molecule has 2 aliphatic heterocycles. The van der Waals surface area contributed by atoms with E-state index in [0.29, 0.717) is 17.4 Å². The van der Waals surface area contributed by atoms with Gasteiger partial charge in [-0.05, 0) is 50.2 Å². The molecule has 23 heavy (non-hydrogen) atoms. The van der Waals surface area contributed by atoms with Gasteiger partial charge in [-0.15, -0.1) is 0 Å². The van der Waals surface area contributed by atoms with Crippen LogP contribution >= 0.6 is 11.6 Å². The van der Waals surface area contributed by atoms with Gasteiger partial charge in [0.15, 0.2) is 6.29 Å². The first-order chi connectivity index (χ1) is 11.2. The van der Waals surface area contributed by atoms with E-state index in [4.69, 9.17) is 21.1 Å². The maximum atomic E-state index is 12.0. The summed E-state index contributed by atoms with van der Waals surface area (Å²) in [6.07, 6.45) is 2.64. The van der Waals surface area contributed by atoms with Gasteiger partial charge in [0.05, 0.1) is 13.2 Å². The molecule has 1 amide bonds. The summed E-state index contributed by atoms with van der Waals surface area (Å²) in [6, 6.07) is 7.17. The van der Waals surface area contributed by atoms with Gasteiger partial charge < -0.3 is 19.7 Å². The summed E-state index contributed by atoms with van der Waals surface area (Å²) in [5.41, 5.74) is 0.786. The van der Waals surface area contributed by atoms with Crippen LogP contribution in [0.5, 0.6) is 0 Å². The highest BCUT2D eigenvalue weighted by Gasteiger charge is 2.30. The second-order valence-corrected chi connectivity index (χ2v) is 6.53. The number of amides is 1. The summed E-state index contributed by atoms with van der Waals surface area (Å²) in [5.74, 6) is 0.536. The van der Waals surface area contributed by atoms with E-state index < -0.39 is 0 Å². The van der Waals surface area contributed by atoms with Crippen molar-refractivity contribution >= 4 is 23.2 Å². The number of ether oxygens (including phenoxy) is 2. The minimum Gasteiger partial charge on any atom is -0.350 e. The van der Waals surface area contributed by atoms with Gasteiger partial charge in [-0.1, -0.05) is 11.6 Å². The van der Waals surface area contributed by atoms with Crippen molar-refractivity contribution < 1.29 is 14.3 Å². The van der Waals surface area contributed by atoms with E-state index in [-0.39, 0.29) is 12.2 Å². The molecule has 6 heteroatoms. The van der Waals surface area contributed by atoms with Gasteiger partial charge in [0.25, 0.3) is 0 Å². The molecule has 0 aliphatic carbocycles. The third-order valence-electron chi connectivity index (χ3n) is 4.45. The fourth-order valence-electron chi connectivity index (χ4n) is 3.11. The highest BCUT2D eigenvalue weighted by atomic mass is 35.5. The second kappa shape index (κ2) is 8.11. The Labute approximate surface area is 141 Å². The zero-order chi connectivity index (χ0) is 16.1. The maximum absolute atomic E-state index is 12.0. The van der Waals surface area contributed by atoms with Crippen molar-refractivity contribution in [3.05, 3.63) is 29.3 Å². The highest BCUT2D eigenvalue weighted by molar-refractivity contribution is 6.30. The van der Waals surface area contributed by atoms with Crippen LogP contribution in [-0.2, 0) is 14.3 Å². The van der Waals surface area contributed by atoms with Crippen LogP contribution in [0.2, 0.25) is 5.02 Å². The number of nitrogens with zero attached hydrogens (tertiary/aromatic N) is 1. The smallest absolute Gasteiger partial charge is 0.225 e. The molecule has 0 unspecified atom stereocenters. The van der Waals surface area contributed by atoms with E-state index in [9.17, 15) is 4.79 Å². The number of piperidine rings is 1. The van der Waals surface area contributed by atoms with Gasteiger partial charge in [0.2, 0.25) is 5.91 Å². The van der Waals surface area contributed by atoms with Gasteiger partial charge in [-0.2, -0.15) is 0 Å². The van der Waals surface area contributed by atoms with Crippen molar-refractivity contribution in [2.75, 3.05) is 38.2 Å². The molecular weight excluding hydrogens is 316 g/mol. The van der Waals surface area contributed by atoms with Gasteiger partial charge in [-0.25, -0.2) is 0 Å². The molecule has 3 rings (SSSR count). The Morgan fingerprint density at radius 2 is 1.83 bits per heavy atom. The standard InChI is InChI=1S/C17H23ClN2O3/c18-14-1-3-15(4-2-14)19-16(21)7-10-20-8-5-13(6-9-20)17-22-11-12-23-17/h1-4,13,17H,5-12H2,(H,19,21). The van der Waals surface area contributed by atoms with Crippen molar-refractivity contribution in [2.45, 2.75) is 25.6 Å². The van der Waals surface area contributed by atoms with Crippen LogP contribution in [-0.4, -0.2) is 49.9 Å². The van der Waals surface area contributed by atoms with Crippen molar-refractivity contribution in [3.8, 4) is 0 Å². The minimum absolute atomic E-state index is 0.00893. The number of carbonyl (C=O) groups excluding carboxylic acids is 1. The lowest BCUT2D eigenvalue weighted by Crippen LogP contribution is -2.39. The van der Waals surface area contributed by atoms with Crippen LogP contribution in [0.1, 0.15) is 19.3 Å². The lowest BCUT2D eigenvalue weighted by Gasteiger charge is -2.33. The maximum Gasteiger partial charge on any atom is 0.225 e. The fourth-order valence-corrected chi connectivity index (χ4v) is 3.24. The topological polar surface area (TPSA) is 50.8 Å². The molecule has 1 aromatic rings. The normalized spacial score (nSPS) is 20.7. The Bertz CT molecular complexity index is 509. The first-order valence-corrected chi connectivity index (χ1v) is 8.59. The molecule has 2 fully saturated rings. The first-order valence-electron chi connectivity index (χ1n) is 8.22. The molecule has 2 aliphatic rings. The van der Waals surface area contributed by atoms with E-state index >= 15 is 0 Å². The summed E-state index contributed by atoms with van der Waals surface area (Å²) < 4.78 is 11.2. The molecule has 0 saturated carbocycles. The molecule has 126 valence electrons. The molecule has 1 N–H and O–H groups in total. The molecule has 0 aromatic heterocycles. The third-order valence-corrected chi connectivity index (χ3v) is 4.70. The number of rotatable bonds is 5. The lowest BCUT2D eigenvalue weighted by molar-refractivity contribution is -0.117. The molecule has 2 saturated heterocycles. The Balaban J connectivity index is 1.36. The number of hydrogen-bond donors (Lipinski definition) is 1. The van der Waals surface area contributed by atoms with Crippen LogP contribution in [0.15, 0.2) is 24.3 Å². The number of carbonyl (C=O) groups is 1. The summed E-state index contributed by atoms with van der Waals surface area (Å²) in [7, 11) is 0. The molecular formula is C17H23ClN2O3. The molecule has 0 radical (unpaired) electrons. The Hall–Kier alpha value is -1.14. The van der Waals surface area contributed by atoms with E-state index in [1.807, 2.05) is 12.1 Å². The predicted octanol–water partition coefficient (Wildman–Crippen LogP) is 2.75. The van der Waals surface area contributed by atoms with Crippen LogP contribution in [0.25, 0.3) is 0 Å². The number of anilines is 1. The largest absolute Gasteiger partial charge is 0.350 e. The van der Waals surface area contributed by atoms with Crippen molar-refractivity contribution in [1.82, 2.24) is 4.90 Å². The highest BCUT2D eigenvalue weighted by Crippen LogP contribution is 2.25.